The van der Waals surface area contributed by atoms with Crippen LogP contribution >= 0.6 is 0 Å². The molecule has 1 heterocycles. The second kappa shape index (κ2) is 11.2. The van der Waals surface area contributed by atoms with Crippen LogP contribution in [0, 0.1) is 27.4 Å². The van der Waals surface area contributed by atoms with E-state index in [1.807, 2.05) is 6.07 Å². The Hall–Kier alpha value is -3.35. The molecule has 3 N–H and O–H groups in total. The standard InChI is InChI=1S/C11H11N3O2.C10H20N2O3/c12-8-9-7-10(14(15)16)3-4-11(9)13-5-1-2-6-13;1-6(2)7(8(11)13)12-9(14)15-10(3,4)5/h3-4,7H,1-2,5-6H2;6-7H,1-5H3,(H2,11,13)(H,12,14). The van der Waals surface area contributed by atoms with Gasteiger partial charge in [0.05, 0.1) is 16.2 Å². The number of nitriles is 1. The van der Waals surface area contributed by atoms with E-state index in [2.05, 4.69) is 10.2 Å². The summed E-state index contributed by atoms with van der Waals surface area (Å²) in [5, 5.41) is 22.0. The maximum atomic E-state index is 11.3. The van der Waals surface area contributed by atoms with Crippen molar-refractivity contribution in [3.8, 4) is 6.07 Å². The van der Waals surface area contributed by atoms with Gasteiger partial charge in [-0.15, -0.1) is 0 Å². The van der Waals surface area contributed by atoms with Crippen LogP contribution < -0.4 is 16.0 Å². The summed E-state index contributed by atoms with van der Waals surface area (Å²) < 4.78 is 5.01. The maximum absolute atomic E-state index is 11.3. The number of hydrogen-bond acceptors (Lipinski definition) is 7. The Morgan fingerprint density at radius 3 is 2.29 bits per heavy atom. The van der Waals surface area contributed by atoms with Crippen LogP contribution in [-0.4, -0.2) is 41.7 Å². The van der Waals surface area contributed by atoms with Crippen molar-refractivity contribution >= 4 is 23.4 Å². The Morgan fingerprint density at radius 1 is 1.29 bits per heavy atom. The van der Waals surface area contributed by atoms with Gasteiger partial charge >= 0.3 is 6.09 Å². The van der Waals surface area contributed by atoms with Crippen molar-refractivity contribution in [2.45, 2.75) is 59.1 Å². The molecule has 0 aromatic heterocycles. The molecule has 1 aliphatic heterocycles. The molecule has 31 heavy (non-hydrogen) atoms. The monoisotopic (exact) mass is 433 g/mol. The molecule has 10 heteroatoms. The van der Waals surface area contributed by atoms with Crippen LogP contribution in [0.15, 0.2) is 18.2 Å². The molecular formula is C21H31N5O5. The van der Waals surface area contributed by atoms with Gasteiger partial charge < -0.3 is 20.7 Å². The summed E-state index contributed by atoms with van der Waals surface area (Å²) in [4.78, 5) is 34.5. The maximum Gasteiger partial charge on any atom is 0.408 e. The van der Waals surface area contributed by atoms with E-state index in [9.17, 15) is 19.7 Å². The summed E-state index contributed by atoms with van der Waals surface area (Å²) >= 11 is 0. The van der Waals surface area contributed by atoms with E-state index < -0.39 is 28.6 Å². The number of hydrogen-bond donors (Lipinski definition) is 2. The Balaban J connectivity index is 0.000000311. The van der Waals surface area contributed by atoms with Crippen LogP contribution in [0.5, 0.6) is 0 Å². The largest absolute Gasteiger partial charge is 0.444 e. The number of carbonyl (C=O) groups excluding carboxylic acids is 2. The highest BCUT2D eigenvalue weighted by atomic mass is 16.6. The van der Waals surface area contributed by atoms with Crippen molar-refractivity contribution in [2.75, 3.05) is 18.0 Å². The third-order valence-corrected chi connectivity index (χ3v) is 4.40. The van der Waals surface area contributed by atoms with Crippen molar-refractivity contribution in [1.29, 1.82) is 5.26 Å². The van der Waals surface area contributed by atoms with Gasteiger partial charge in [0.1, 0.15) is 17.7 Å². The number of nitro groups is 1. The Morgan fingerprint density at radius 2 is 1.87 bits per heavy atom. The highest BCUT2D eigenvalue weighted by Crippen LogP contribution is 2.27. The van der Waals surface area contributed by atoms with E-state index in [1.54, 1.807) is 40.7 Å². The number of nitro benzene ring substituents is 1. The SMILES string of the molecule is CC(C)C(NC(=O)OC(C)(C)C)C(N)=O.N#Cc1cc([N+](=O)[O-])ccc1N1CCCC1. The summed E-state index contributed by atoms with van der Waals surface area (Å²) in [6, 6.07) is 5.79. The molecule has 2 amide bonds. The summed E-state index contributed by atoms with van der Waals surface area (Å²) in [5.74, 6) is -0.620. The van der Waals surface area contributed by atoms with Crippen LogP contribution in [0.4, 0.5) is 16.2 Å². The minimum Gasteiger partial charge on any atom is -0.444 e. The lowest BCUT2D eigenvalue weighted by molar-refractivity contribution is -0.384. The van der Waals surface area contributed by atoms with Gasteiger partial charge in [0.25, 0.3) is 5.69 Å². The Bertz CT molecular complexity index is 836. The molecule has 0 aliphatic carbocycles. The number of alkyl carbamates (subject to hydrolysis) is 1. The molecule has 1 aromatic rings. The van der Waals surface area contributed by atoms with E-state index in [-0.39, 0.29) is 11.6 Å². The van der Waals surface area contributed by atoms with Gasteiger partial charge in [0, 0.05) is 25.2 Å². The van der Waals surface area contributed by atoms with Crippen LogP contribution in [0.3, 0.4) is 0 Å². The number of rotatable bonds is 5. The first kappa shape index (κ1) is 25.7. The zero-order valence-corrected chi connectivity index (χ0v) is 18.7. The van der Waals surface area contributed by atoms with Crippen molar-refractivity contribution in [3.63, 3.8) is 0 Å². The van der Waals surface area contributed by atoms with Crippen molar-refractivity contribution in [1.82, 2.24) is 5.32 Å². The highest BCUT2D eigenvalue weighted by Gasteiger charge is 2.24. The van der Waals surface area contributed by atoms with Gasteiger partial charge in [-0.2, -0.15) is 5.26 Å². The number of nitrogens with zero attached hydrogens (tertiary/aromatic N) is 3. The lowest BCUT2D eigenvalue weighted by Crippen LogP contribution is -2.49. The van der Waals surface area contributed by atoms with Crippen LogP contribution in [0.2, 0.25) is 0 Å². The molecule has 1 aliphatic rings. The van der Waals surface area contributed by atoms with Gasteiger partial charge in [-0.1, -0.05) is 13.8 Å². The summed E-state index contributed by atoms with van der Waals surface area (Å²) in [6.45, 7) is 10.7. The van der Waals surface area contributed by atoms with E-state index >= 15 is 0 Å². The minimum atomic E-state index is -0.695. The second-order valence-corrected chi connectivity index (χ2v) is 8.53. The number of nitrogens with two attached hydrogens (primary N) is 1. The first-order valence-electron chi connectivity index (χ1n) is 10.1. The fourth-order valence-electron chi connectivity index (χ4n) is 2.96. The third kappa shape index (κ3) is 8.50. The number of ether oxygens (including phenoxy) is 1. The average molecular weight is 434 g/mol. The molecule has 1 atom stereocenters. The first-order valence-corrected chi connectivity index (χ1v) is 10.1. The molecule has 0 bridgehead atoms. The zero-order valence-electron chi connectivity index (χ0n) is 18.7. The van der Waals surface area contributed by atoms with E-state index in [4.69, 9.17) is 15.7 Å². The quantitative estimate of drug-likeness (QED) is 0.534. The molecule has 10 nitrogen and oxygen atoms in total. The fourth-order valence-corrected chi connectivity index (χ4v) is 2.96. The molecule has 0 spiro atoms. The number of nitrogens with one attached hydrogen (secondary N) is 1. The number of primary amides is 1. The summed E-state index contributed by atoms with van der Waals surface area (Å²) in [7, 11) is 0. The van der Waals surface area contributed by atoms with Gasteiger partial charge in [0.15, 0.2) is 0 Å². The Labute approximate surface area is 182 Å². The van der Waals surface area contributed by atoms with Crippen molar-refractivity contribution in [2.24, 2.45) is 11.7 Å². The third-order valence-electron chi connectivity index (χ3n) is 4.40. The number of carbonyl (C=O) groups is 2. The second-order valence-electron chi connectivity index (χ2n) is 8.53. The molecule has 1 saturated heterocycles. The molecule has 1 aromatic carbocycles. The molecule has 2 rings (SSSR count). The van der Waals surface area contributed by atoms with Crippen LogP contribution in [0.1, 0.15) is 53.0 Å². The number of non-ortho nitro benzene ring substituents is 1. The van der Waals surface area contributed by atoms with Crippen molar-refractivity contribution in [3.05, 3.63) is 33.9 Å². The Kier molecular flexibility index (Phi) is 9.24. The molecule has 0 saturated carbocycles. The van der Waals surface area contributed by atoms with E-state index in [0.717, 1.165) is 31.6 Å². The fraction of sp³-hybridized carbons (Fsp3) is 0.571. The minimum absolute atomic E-state index is 0.0282. The topological polar surface area (TPSA) is 152 Å². The first-order chi connectivity index (χ1) is 14.4. The molecule has 0 radical (unpaired) electrons. The average Bonchev–Trinajstić information content (AvgIpc) is 3.18. The number of anilines is 1. The lowest BCUT2D eigenvalue weighted by atomic mass is 10.0. The van der Waals surface area contributed by atoms with Gasteiger partial charge in [0.2, 0.25) is 5.91 Å². The molecule has 1 fully saturated rings. The zero-order chi connectivity index (χ0) is 23.8. The van der Waals surface area contributed by atoms with E-state index in [1.165, 1.54) is 12.1 Å². The number of amides is 2. The van der Waals surface area contributed by atoms with E-state index in [0.29, 0.717) is 5.56 Å². The van der Waals surface area contributed by atoms with Gasteiger partial charge in [-0.3, -0.25) is 14.9 Å². The molecule has 170 valence electrons. The predicted molar refractivity (Wildman–Crippen MR) is 116 cm³/mol. The summed E-state index contributed by atoms with van der Waals surface area (Å²) in [5.41, 5.74) is 5.73. The lowest BCUT2D eigenvalue weighted by Gasteiger charge is -2.23. The van der Waals surface area contributed by atoms with Gasteiger partial charge in [-0.25, -0.2) is 4.79 Å². The number of benzene rings is 1. The molecule has 1 unspecified atom stereocenters. The van der Waals surface area contributed by atoms with Crippen molar-refractivity contribution < 1.29 is 19.2 Å². The summed E-state index contributed by atoms with van der Waals surface area (Å²) in [6.07, 6.45) is 1.60. The highest BCUT2D eigenvalue weighted by molar-refractivity contribution is 5.84. The smallest absolute Gasteiger partial charge is 0.408 e. The normalized spacial score (nSPS) is 14.2. The van der Waals surface area contributed by atoms with Gasteiger partial charge in [-0.05, 0) is 45.6 Å². The van der Waals surface area contributed by atoms with Crippen LogP contribution in [-0.2, 0) is 9.53 Å². The predicted octanol–water partition coefficient (Wildman–Crippen LogP) is 3.09. The molecular weight excluding hydrogens is 402 g/mol. The van der Waals surface area contributed by atoms with Crippen LogP contribution in [0.25, 0.3) is 0 Å².